The second kappa shape index (κ2) is 8.77. The molecule has 0 saturated carbocycles. The number of para-hydroxylation sites is 1. The van der Waals surface area contributed by atoms with Crippen molar-refractivity contribution in [3.05, 3.63) is 59.7 Å². The quantitative estimate of drug-likeness (QED) is 0.728. The summed E-state index contributed by atoms with van der Waals surface area (Å²) < 4.78 is 11.9. The number of fused-ring (bicyclic) bond motifs is 1. The van der Waals surface area contributed by atoms with E-state index in [0.29, 0.717) is 6.54 Å². The molecule has 0 N–H and O–H groups in total. The number of likely N-dealkylation sites (tertiary alicyclic amines) is 1. The van der Waals surface area contributed by atoms with Gasteiger partial charge in [-0.15, -0.1) is 0 Å². The molecule has 32 heavy (non-hydrogen) atoms. The number of amides is 1. The average molecular weight is 437 g/mol. The van der Waals surface area contributed by atoms with E-state index in [1.54, 1.807) is 4.90 Å². The van der Waals surface area contributed by atoms with Crippen LogP contribution in [-0.4, -0.2) is 48.0 Å². The van der Waals surface area contributed by atoms with Gasteiger partial charge < -0.3 is 9.47 Å². The summed E-state index contributed by atoms with van der Waals surface area (Å²) in [6.07, 6.45) is 2.75. The molecule has 0 aliphatic carbocycles. The summed E-state index contributed by atoms with van der Waals surface area (Å²) in [6, 6.07) is 16.4. The van der Waals surface area contributed by atoms with E-state index in [-0.39, 0.29) is 23.4 Å². The minimum atomic E-state index is -0.348. The number of ether oxygens (including phenoxy) is 2. The maximum absolute atomic E-state index is 12.5. The minimum Gasteiger partial charge on any atom is -0.487 e. The van der Waals surface area contributed by atoms with Gasteiger partial charge in [-0.05, 0) is 43.2 Å². The number of carbonyl (C=O) groups is 1. The van der Waals surface area contributed by atoms with Crippen molar-refractivity contribution < 1.29 is 23.9 Å². The van der Waals surface area contributed by atoms with Crippen LogP contribution in [0.1, 0.15) is 37.8 Å². The first-order valence-corrected chi connectivity index (χ1v) is 10.9. The fraction of sp³-hybridized carbons (Fsp3) is 0.440. The Balaban J connectivity index is 0.000000775. The van der Waals surface area contributed by atoms with Gasteiger partial charge in [0.25, 0.3) is 0 Å². The Bertz CT molecular complexity index is 1010. The number of rotatable bonds is 3. The first-order chi connectivity index (χ1) is 15.3. The van der Waals surface area contributed by atoms with Crippen LogP contribution in [0.25, 0.3) is 0 Å². The molecule has 7 nitrogen and oxygen atoms in total. The molecule has 5 rings (SSSR count). The van der Waals surface area contributed by atoms with E-state index in [0.717, 1.165) is 50.3 Å². The Hall–Kier alpha value is -3.15. The Kier molecular flexibility index (Phi) is 6.04. The molecule has 0 bridgehead atoms. The highest BCUT2D eigenvalue weighted by Gasteiger charge is 2.47. The van der Waals surface area contributed by atoms with Crippen molar-refractivity contribution >= 4 is 17.9 Å². The van der Waals surface area contributed by atoms with Crippen LogP contribution in [0.2, 0.25) is 0 Å². The molecule has 2 saturated heterocycles. The molecule has 0 unspecified atom stereocenters. The highest BCUT2D eigenvalue weighted by atomic mass is 16.6. The predicted octanol–water partition coefficient (Wildman–Crippen LogP) is 3.81. The molecule has 0 atom stereocenters. The molecular weight excluding hydrogens is 408 g/mol. The number of hydrogen-bond donors (Lipinski definition) is 0. The minimum absolute atomic E-state index is 0.102. The summed E-state index contributed by atoms with van der Waals surface area (Å²) >= 11 is 0. The molecule has 3 heterocycles. The zero-order valence-corrected chi connectivity index (χ0v) is 18.5. The molecule has 2 aromatic carbocycles. The molecule has 2 fully saturated rings. The van der Waals surface area contributed by atoms with Crippen molar-refractivity contribution in [1.82, 2.24) is 4.90 Å². The van der Waals surface area contributed by atoms with Crippen LogP contribution in [0, 0.1) is 0 Å². The lowest BCUT2D eigenvalue weighted by Crippen LogP contribution is -2.46. The fourth-order valence-corrected chi connectivity index (χ4v) is 4.83. The summed E-state index contributed by atoms with van der Waals surface area (Å²) in [4.78, 5) is 33.0. The molecule has 7 heteroatoms. The van der Waals surface area contributed by atoms with Crippen molar-refractivity contribution in [3.63, 3.8) is 0 Å². The van der Waals surface area contributed by atoms with E-state index < -0.39 is 0 Å². The number of nitrogens with zero attached hydrogens (tertiary/aromatic N) is 2. The SMILES string of the molecule is CC1(C)Cc2cc(CN3CCC4(CC3)CN(c3ccccc3)C(=O)O4)ccc2O1.O=C=O. The number of anilines is 1. The molecule has 168 valence electrons. The van der Waals surface area contributed by atoms with Gasteiger partial charge in [-0.1, -0.05) is 30.3 Å². The maximum atomic E-state index is 12.5. The molecular formula is C25H28N2O5. The highest BCUT2D eigenvalue weighted by Crippen LogP contribution is 2.37. The smallest absolute Gasteiger partial charge is 0.415 e. The van der Waals surface area contributed by atoms with Crippen LogP contribution in [0.4, 0.5) is 10.5 Å². The summed E-state index contributed by atoms with van der Waals surface area (Å²) in [7, 11) is 0. The molecule has 0 aromatic heterocycles. The number of carbonyl (C=O) groups excluding carboxylic acids is 3. The lowest BCUT2D eigenvalue weighted by molar-refractivity contribution is -0.191. The van der Waals surface area contributed by atoms with E-state index in [9.17, 15) is 4.79 Å². The van der Waals surface area contributed by atoms with Gasteiger partial charge in [0.1, 0.15) is 17.0 Å². The van der Waals surface area contributed by atoms with Gasteiger partial charge in [-0.3, -0.25) is 9.80 Å². The lowest BCUT2D eigenvalue weighted by atomic mass is 9.91. The van der Waals surface area contributed by atoms with Gasteiger partial charge in [0, 0.05) is 44.6 Å². The normalized spacial score (nSPS) is 20.6. The summed E-state index contributed by atoms with van der Waals surface area (Å²) in [6.45, 7) is 7.73. The van der Waals surface area contributed by atoms with Gasteiger partial charge in [0.15, 0.2) is 0 Å². The topological polar surface area (TPSA) is 76.2 Å². The molecule has 0 radical (unpaired) electrons. The van der Waals surface area contributed by atoms with Crippen LogP contribution in [0.5, 0.6) is 5.75 Å². The maximum Gasteiger partial charge on any atom is 0.415 e. The van der Waals surface area contributed by atoms with Crippen molar-refractivity contribution in [3.8, 4) is 5.75 Å². The zero-order valence-electron chi connectivity index (χ0n) is 18.5. The third kappa shape index (κ3) is 4.69. The van der Waals surface area contributed by atoms with Crippen LogP contribution in [-0.2, 0) is 27.3 Å². The van der Waals surface area contributed by atoms with E-state index in [1.807, 2.05) is 30.3 Å². The van der Waals surface area contributed by atoms with Crippen LogP contribution in [0.3, 0.4) is 0 Å². The highest BCUT2D eigenvalue weighted by molar-refractivity contribution is 5.90. The largest absolute Gasteiger partial charge is 0.487 e. The molecule has 2 aromatic rings. The van der Waals surface area contributed by atoms with Crippen molar-refractivity contribution in [1.29, 1.82) is 0 Å². The van der Waals surface area contributed by atoms with Crippen LogP contribution in [0.15, 0.2) is 48.5 Å². The number of hydrogen-bond acceptors (Lipinski definition) is 6. The van der Waals surface area contributed by atoms with Crippen molar-refractivity contribution in [2.24, 2.45) is 0 Å². The first kappa shape index (κ1) is 22.1. The van der Waals surface area contributed by atoms with E-state index in [1.165, 1.54) is 11.1 Å². The third-order valence-electron chi connectivity index (χ3n) is 6.34. The summed E-state index contributed by atoms with van der Waals surface area (Å²) in [5, 5.41) is 0. The van der Waals surface area contributed by atoms with E-state index in [4.69, 9.17) is 19.1 Å². The Morgan fingerprint density at radius 1 is 1.00 bits per heavy atom. The second-order valence-electron chi connectivity index (χ2n) is 9.31. The van der Waals surface area contributed by atoms with Crippen molar-refractivity contribution in [2.45, 2.75) is 50.9 Å². The van der Waals surface area contributed by atoms with Gasteiger partial charge in [0.05, 0.1) is 6.54 Å². The molecule has 1 amide bonds. The standard InChI is InChI=1S/C24H28N2O3.CO2/c1-23(2)15-19-14-18(8-9-21(19)28-23)16-25-12-10-24(11-13-25)17-26(22(27)29-24)20-6-4-3-5-7-20;2-1-3/h3-9,14H,10-13,15-17H2,1-2H3;. The Morgan fingerprint density at radius 3 is 2.38 bits per heavy atom. The first-order valence-electron chi connectivity index (χ1n) is 10.9. The van der Waals surface area contributed by atoms with Gasteiger partial charge in [-0.2, -0.15) is 9.59 Å². The Morgan fingerprint density at radius 2 is 1.69 bits per heavy atom. The summed E-state index contributed by atoms with van der Waals surface area (Å²) in [5.41, 5.74) is 3.11. The summed E-state index contributed by atoms with van der Waals surface area (Å²) in [5.74, 6) is 1.02. The van der Waals surface area contributed by atoms with Gasteiger partial charge in [-0.25, -0.2) is 4.79 Å². The fourth-order valence-electron chi connectivity index (χ4n) is 4.83. The molecule has 3 aliphatic rings. The molecule has 3 aliphatic heterocycles. The van der Waals surface area contributed by atoms with Crippen LogP contribution >= 0.6 is 0 Å². The number of piperidine rings is 1. The van der Waals surface area contributed by atoms with Gasteiger partial charge in [0.2, 0.25) is 0 Å². The van der Waals surface area contributed by atoms with Gasteiger partial charge >= 0.3 is 12.2 Å². The van der Waals surface area contributed by atoms with E-state index in [2.05, 4.69) is 36.9 Å². The average Bonchev–Trinajstić information content (AvgIpc) is 3.25. The zero-order chi connectivity index (χ0) is 22.8. The molecule has 1 spiro atoms. The van der Waals surface area contributed by atoms with Crippen molar-refractivity contribution in [2.75, 3.05) is 24.5 Å². The third-order valence-corrected chi connectivity index (χ3v) is 6.34. The Labute approximate surface area is 187 Å². The van der Waals surface area contributed by atoms with Crippen LogP contribution < -0.4 is 9.64 Å². The lowest BCUT2D eigenvalue weighted by Gasteiger charge is -2.37. The predicted molar refractivity (Wildman–Crippen MR) is 117 cm³/mol. The number of benzene rings is 2. The van der Waals surface area contributed by atoms with E-state index >= 15 is 0 Å². The monoisotopic (exact) mass is 436 g/mol. The second-order valence-corrected chi connectivity index (χ2v) is 9.31.